The van der Waals surface area contributed by atoms with E-state index in [1.54, 1.807) is 12.1 Å². The summed E-state index contributed by atoms with van der Waals surface area (Å²) in [6.07, 6.45) is 0. The molecule has 2 aromatic rings. The molecule has 0 saturated heterocycles. The van der Waals surface area contributed by atoms with Crippen LogP contribution in [0.15, 0.2) is 41.8 Å². The summed E-state index contributed by atoms with van der Waals surface area (Å²) in [7, 11) is 0. The number of allylic oxidation sites excluding steroid dienone is 1. The zero-order chi connectivity index (χ0) is 12.3. The summed E-state index contributed by atoms with van der Waals surface area (Å²) in [5.41, 5.74) is 7.37. The van der Waals surface area contributed by atoms with Gasteiger partial charge >= 0.3 is 0 Å². The number of benzene rings is 1. The zero-order valence-electron chi connectivity index (χ0n) is 8.85. The van der Waals surface area contributed by atoms with E-state index < -0.39 is 0 Å². The Kier molecular flexibility index (Phi) is 3.22. The highest BCUT2D eigenvalue weighted by Gasteiger charge is 2.09. The largest absolute Gasteiger partial charge is 0.397 e. The summed E-state index contributed by atoms with van der Waals surface area (Å²) in [5, 5.41) is 11.0. The predicted octanol–water partition coefficient (Wildman–Crippen LogP) is 3.24. The molecule has 0 spiro atoms. The van der Waals surface area contributed by atoms with Gasteiger partial charge in [0, 0.05) is 4.88 Å². The van der Waals surface area contributed by atoms with Crippen LogP contribution in [0.1, 0.15) is 10.4 Å². The molecule has 4 heteroatoms. The number of thiophene rings is 1. The molecule has 0 aliphatic heterocycles. The Hall–Kier alpha value is -2.12. The molecule has 0 amide bonds. The molecule has 17 heavy (non-hydrogen) atoms. The second-order valence-corrected chi connectivity index (χ2v) is 4.33. The van der Waals surface area contributed by atoms with Crippen molar-refractivity contribution in [3.8, 4) is 6.07 Å². The van der Waals surface area contributed by atoms with Crippen LogP contribution in [-0.2, 0) is 0 Å². The van der Waals surface area contributed by atoms with Crippen molar-refractivity contribution in [2.75, 3.05) is 0 Å². The molecule has 0 bridgehead atoms. The number of nitriles is 1. The van der Waals surface area contributed by atoms with E-state index in [1.807, 2.05) is 17.5 Å². The van der Waals surface area contributed by atoms with Crippen LogP contribution in [0, 0.1) is 17.1 Å². The van der Waals surface area contributed by atoms with Gasteiger partial charge in [-0.05, 0) is 41.3 Å². The van der Waals surface area contributed by atoms with Crippen LogP contribution in [0.5, 0.6) is 0 Å². The third-order valence-electron chi connectivity index (χ3n) is 2.30. The van der Waals surface area contributed by atoms with Crippen LogP contribution in [0.3, 0.4) is 0 Å². The Morgan fingerprint density at radius 2 is 1.94 bits per heavy atom. The number of rotatable bonds is 2. The van der Waals surface area contributed by atoms with Crippen molar-refractivity contribution in [3.63, 3.8) is 0 Å². The van der Waals surface area contributed by atoms with Gasteiger partial charge in [0.25, 0.3) is 0 Å². The SMILES string of the molecule is N#C/C(=C(/N)c1ccc(F)cc1)c1cccs1. The molecule has 1 heterocycles. The Morgan fingerprint density at radius 1 is 1.24 bits per heavy atom. The second kappa shape index (κ2) is 4.81. The van der Waals surface area contributed by atoms with Crippen molar-refractivity contribution in [1.82, 2.24) is 0 Å². The first kappa shape index (κ1) is 11.4. The van der Waals surface area contributed by atoms with E-state index in [1.165, 1.54) is 23.5 Å². The van der Waals surface area contributed by atoms with Crippen LogP contribution in [0.25, 0.3) is 11.3 Å². The van der Waals surface area contributed by atoms with Crippen LogP contribution < -0.4 is 5.73 Å². The van der Waals surface area contributed by atoms with Crippen molar-refractivity contribution >= 4 is 22.6 Å². The van der Waals surface area contributed by atoms with Crippen LogP contribution >= 0.6 is 11.3 Å². The lowest BCUT2D eigenvalue weighted by Gasteiger charge is -2.04. The molecular formula is C13H9FN2S. The molecule has 2 N–H and O–H groups in total. The highest BCUT2D eigenvalue weighted by molar-refractivity contribution is 7.11. The van der Waals surface area contributed by atoms with Crippen molar-refractivity contribution < 1.29 is 4.39 Å². The fourth-order valence-corrected chi connectivity index (χ4v) is 2.18. The summed E-state index contributed by atoms with van der Waals surface area (Å²) in [4.78, 5) is 0.814. The smallest absolute Gasteiger partial charge is 0.123 e. The van der Waals surface area contributed by atoms with Crippen molar-refractivity contribution in [3.05, 3.63) is 58.0 Å². The lowest BCUT2D eigenvalue weighted by atomic mass is 10.1. The van der Waals surface area contributed by atoms with Crippen molar-refractivity contribution in [2.24, 2.45) is 5.73 Å². The summed E-state index contributed by atoms with van der Waals surface area (Å²) < 4.78 is 12.8. The highest BCUT2D eigenvalue weighted by Crippen LogP contribution is 2.25. The molecule has 0 radical (unpaired) electrons. The maximum absolute atomic E-state index is 12.8. The Labute approximate surface area is 102 Å². The summed E-state index contributed by atoms with van der Waals surface area (Å²) in [6.45, 7) is 0. The first-order chi connectivity index (χ1) is 8.22. The molecule has 0 aliphatic carbocycles. The Morgan fingerprint density at radius 3 is 2.47 bits per heavy atom. The van der Waals surface area contributed by atoms with Gasteiger partial charge < -0.3 is 5.73 Å². The molecule has 0 aliphatic rings. The number of hydrogen-bond donors (Lipinski definition) is 1. The molecule has 0 fully saturated rings. The number of halogens is 1. The first-order valence-electron chi connectivity index (χ1n) is 4.92. The lowest BCUT2D eigenvalue weighted by molar-refractivity contribution is 0.627. The molecule has 1 aromatic heterocycles. The van der Waals surface area contributed by atoms with Gasteiger partial charge in [-0.25, -0.2) is 4.39 Å². The minimum Gasteiger partial charge on any atom is -0.397 e. The summed E-state index contributed by atoms with van der Waals surface area (Å²) in [6, 6.07) is 11.6. The van der Waals surface area contributed by atoms with Gasteiger partial charge in [0.05, 0.1) is 11.3 Å². The van der Waals surface area contributed by atoms with E-state index in [0.29, 0.717) is 16.8 Å². The van der Waals surface area contributed by atoms with Gasteiger partial charge in [-0.15, -0.1) is 11.3 Å². The van der Waals surface area contributed by atoms with Crippen LogP contribution in [0.2, 0.25) is 0 Å². The monoisotopic (exact) mass is 244 g/mol. The molecule has 0 unspecified atom stereocenters. The number of hydrogen-bond acceptors (Lipinski definition) is 3. The molecule has 84 valence electrons. The average molecular weight is 244 g/mol. The first-order valence-corrected chi connectivity index (χ1v) is 5.80. The quantitative estimate of drug-likeness (QED) is 0.824. The van der Waals surface area contributed by atoms with Gasteiger partial charge in [0.15, 0.2) is 0 Å². The van der Waals surface area contributed by atoms with E-state index in [-0.39, 0.29) is 5.82 Å². The normalized spacial score (nSPS) is 11.8. The highest BCUT2D eigenvalue weighted by atomic mass is 32.1. The van der Waals surface area contributed by atoms with E-state index in [9.17, 15) is 4.39 Å². The molecule has 2 rings (SSSR count). The van der Waals surface area contributed by atoms with E-state index >= 15 is 0 Å². The van der Waals surface area contributed by atoms with Gasteiger partial charge in [-0.1, -0.05) is 6.07 Å². The third-order valence-corrected chi connectivity index (χ3v) is 3.19. The lowest BCUT2D eigenvalue weighted by Crippen LogP contribution is -1.99. The van der Waals surface area contributed by atoms with Gasteiger partial charge in [0.2, 0.25) is 0 Å². The van der Waals surface area contributed by atoms with Gasteiger partial charge in [-0.3, -0.25) is 0 Å². The average Bonchev–Trinajstić information content (AvgIpc) is 2.84. The number of nitrogens with zero attached hydrogens (tertiary/aromatic N) is 1. The Balaban J connectivity index is 2.50. The predicted molar refractivity (Wildman–Crippen MR) is 67.3 cm³/mol. The molecule has 2 nitrogen and oxygen atoms in total. The molecule has 1 aromatic carbocycles. The number of nitrogens with two attached hydrogens (primary N) is 1. The van der Waals surface area contributed by atoms with Crippen molar-refractivity contribution in [1.29, 1.82) is 5.26 Å². The third kappa shape index (κ3) is 2.35. The van der Waals surface area contributed by atoms with E-state index in [4.69, 9.17) is 11.0 Å². The molecule has 0 saturated carbocycles. The summed E-state index contributed by atoms with van der Waals surface area (Å²) in [5.74, 6) is -0.323. The minimum atomic E-state index is -0.323. The van der Waals surface area contributed by atoms with Crippen molar-refractivity contribution in [2.45, 2.75) is 0 Å². The standard InChI is InChI=1S/C13H9FN2S/c14-10-5-3-9(4-6-10)13(16)11(8-15)12-2-1-7-17-12/h1-7H,16H2/b13-11-. The molecular weight excluding hydrogens is 235 g/mol. The Bertz CT molecular complexity index is 577. The van der Waals surface area contributed by atoms with E-state index in [0.717, 1.165) is 4.88 Å². The fraction of sp³-hybridized carbons (Fsp3) is 0. The topological polar surface area (TPSA) is 49.8 Å². The van der Waals surface area contributed by atoms with Gasteiger partial charge in [0.1, 0.15) is 11.9 Å². The molecule has 0 atom stereocenters. The zero-order valence-corrected chi connectivity index (χ0v) is 9.67. The second-order valence-electron chi connectivity index (χ2n) is 3.38. The summed E-state index contributed by atoms with van der Waals surface area (Å²) >= 11 is 1.45. The maximum atomic E-state index is 12.8. The van der Waals surface area contributed by atoms with Gasteiger partial charge in [-0.2, -0.15) is 5.26 Å². The maximum Gasteiger partial charge on any atom is 0.123 e. The van der Waals surface area contributed by atoms with Crippen LogP contribution in [-0.4, -0.2) is 0 Å². The van der Waals surface area contributed by atoms with Crippen LogP contribution in [0.4, 0.5) is 4.39 Å². The minimum absolute atomic E-state index is 0.323. The fourth-order valence-electron chi connectivity index (χ4n) is 1.44. The van der Waals surface area contributed by atoms with E-state index in [2.05, 4.69) is 6.07 Å².